The fraction of sp³-hybridized carbons (Fsp3) is 0.529. The number of amides is 2. The van der Waals surface area contributed by atoms with Crippen molar-refractivity contribution in [2.75, 3.05) is 32.7 Å². The minimum absolute atomic E-state index is 0.0188. The van der Waals surface area contributed by atoms with Crippen LogP contribution in [0.15, 0.2) is 24.3 Å². The fourth-order valence-corrected chi connectivity index (χ4v) is 2.86. The summed E-state index contributed by atoms with van der Waals surface area (Å²) in [4.78, 5) is 26.1. The van der Waals surface area contributed by atoms with E-state index in [1.807, 2.05) is 0 Å². The summed E-state index contributed by atoms with van der Waals surface area (Å²) >= 11 is 5.84. The minimum atomic E-state index is -0.295. The first-order valence-corrected chi connectivity index (χ1v) is 8.56. The Bertz CT molecular complexity index is 530. The van der Waals surface area contributed by atoms with Gasteiger partial charge < -0.3 is 15.5 Å². The molecule has 0 aromatic heterocycles. The lowest BCUT2D eigenvalue weighted by Gasteiger charge is -2.26. The molecular formula is C17H24ClN3O2. The molecule has 0 aliphatic carbocycles. The van der Waals surface area contributed by atoms with Crippen LogP contribution in [-0.2, 0) is 4.79 Å². The lowest BCUT2D eigenvalue weighted by atomic mass is 10.1. The quantitative estimate of drug-likeness (QED) is 0.749. The van der Waals surface area contributed by atoms with Crippen LogP contribution in [0.3, 0.4) is 0 Å². The summed E-state index contributed by atoms with van der Waals surface area (Å²) < 4.78 is 0. The van der Waals surface area contributed by atoms with Gasteiger partial charge in [0.25, 0.3) is 5.91 Å². The highest BCUT2D eigenvalue weighted by atomic mass is 35.5. The summed E-state index contributed by atoms with van der Waals surface area (Å²) in [6.07, 6.45) is 4.83. The molecule has 0 saturated carbocycles. The Morgan fingerprint density at radius 1 is 1.13 bits per heavy atom. The van der Waals surface area contributed by atoms with E-state index in [0.717, 1.165) is 13.0 Å². The first kappa shape index (κ1) is 17.8. The second-order valence-corrected chi connectivity index (χ2v) is 6.24. The number of halogens is 1. The van der Waals surface area contributed by atoms with E-state index < -0.39 is 0 Å². The van der Waals surface area contributed by atoms with Crippen molar-refractivity contribution >= 4 is 23.4 Å². The third kappa shape index (κ3) is 6.59. The number of likely N-dealkylation sites (tertiary alicyclic amines) is 1. The third-order valence-electron chi connectivity index (χ3n) is 3.92. The molecule has 23 heavy (non-hydrogen) atoms. The Morgan fingerprint density at radius 3 is 2.65 bits per heavy atom. The van der Waals surface area contributed by atoms with Crippen molar-refractivity contribution < 1.29 is 9.59 Å². The molecule has 1 aromatic rings. The summed E-state index contributed by atoms with van der Waals surface area (Å²) in [6.45, 7) is 3.99. The zero-order valence-electron chi connectivity index (χ0n) is 13.3. The molecule has 126 valence electrons. The highest BCUT2D eigenvalue weighted by molar-refractivity contribution is 6.30. The van der Waals surface area contributed by atoms with E-state index in [1.165, 1.54) is 32.4 Å². The zero-order valence-corrected chi connectivity index (χ0v) is 14.1. The maximum absolute atomic E-state index is 11.9. The standard InChI is InChI=1S/C17H24ClN3O2/c18-15-7-4-6-14(12-15)17(23)20-13-16(22)19-8-5-11-21-9-2-1-3-10-21/h4,6-7,12H,1-3,5,8-11,13H2,(H,19,22)(H,20,23). The number of piperidine rings is 1. The van der Waals surface area contributed by atoms with Gasteiger partial charge in [-0.25, -0.2) is 0 Å². The van der Waals surface area contributed by atoms with Gasteiger partial charge in [0, 0.05) is 17.1 Å². The van der Waals surface area contributed by atoms with E-state index in [1.54, 1.807) is 24.3 Å². The molecule has 0 radical (unpaired) electrons. The zero-order chi connectivity index (χ0) is 16.5. The van der Waals surface area contributed by atoms with Crippen molar-refractivity contribution in [3.8, 4) is 0 Å². The highest BCUT2D eigenvalue weighted by Crippen LogP contribution is 2.10. The predicted molar refractivity (Wildman–Crippen MR) is 91.7 cm³/mol. The maximum Gasteiger partial charge on any atom is 0.251 e. The van der Waals surface area contributed by atoms with E-state index in [9.17, 15) is 9.59 Å². The molecule has 1 aromatic carbocycles. The van der Waals surface area contributed by atoms with Gasteiger partial charge in [0.05, 0.1) is 6.54 Å². The lowest BCUT2D eigenvalue weighted by Crippen LogP contribution is -2.38. The van der Waals surface area contributed by atoms with Gasteiger partial charge in [-0.3, -0.25) is 9.59 Å². The van der Waals surface area contributed by atoms with Crippen molar-refractivity contribution in [3.63, 3.8) is 0 Å². The SMILES string of the molecule is O=C(CNC(=O)c1cccc(Cl)c1)NCCCN1CCCCC1. The van der Waals surface area contributed by atoms with Crippen LogP contribution in [-0.4, -0.2) is 49.4 Å². The van der Waals surface area contributed by atoms with Gasteiger partial charge in [-0.15, -0.1) is 0 Å². The van der Waals surface area contributed by atoms with Crippen molar-refractivity contribution in [2.45, 2.75) is 25.7 Å². The van der Waals surface area contributed by atoms with Crippen LogP contribution in [0.25, 0.3) is 0 Å². The van der Waals surface area contributed by atoms with Crippen LogP contribution >= 0.6 is 11.6 Å². The van der Waals surface area contributed by atoms with Crippen LogP contribution < -0.4 is 10.6 Å². The Labute approximate surface area is 142 Å². The number of nitrogens with zero attached hydrogens (tertiary/aromatic N) is 1. The number of benzene rings is 1. The van der Waals surface area contributed by atoms with Crippen LogP contribution in [0.4, 0.5) is 0 Å². The molecule has 1 saturated heterocycles. The van der Waals surface area contributed by atoms with Gasteiger partial charge in [0.1, 0.15) is 0 Å². The van der Waals surface area contributed by atoms with Gasteiger partial charge in [-0.1, -0.05) is 24.1 Å². The molecule has 1 fully saturated rings. The van der Waals surface area contributed by atoms with E-state index in [2.05, 4.69) is 15.5 Å². The summed E-state index contributed by atoms with van der Waals surface area (Å²) in [5.41, 5.74) is 0.454. The topological polar surface area (TPSA) is 61.4 Å². The van der Waals surface area contributed by atoms with Crippen molar-refractivity contribution in [1.82, 2.24) is 15.5 Å². The Morgan fingerprint density at radius 2 is 1.91 bits per heavy atom. The van der Waals surface area contributed by atoms with Crippen LogP contribution in [0.2, 0.25) is 5.02 Å². The molecule has 0 bridgehead atoms. The van der Waals surface area contributed by atoms with E-state index in [4.69, 9.17) is 11.6 Å². The first-order valence-electron chi connectivity index (χ1n) is 8.18. The van der Waals surface area contributed by atoms with Gasteiger partial charge in [-0.05, 0) is 57.1 Å². The molecule has 2 rings (SSSR count). The molecule has 0 spiro atoms. The smallest absolute Gasteiger partial charge is 0.251 e. The molecule has 2 N–H and O–H groups in total. The van der Waals surface area contributed by atoms with Gasteiger partial charge in [0.15, 0.2) is 0 Å². The second kappa shape index (κ2) is 9.53. The van der Waals surface area contributed by atoms with Gasteiger partial charge >= 0.3 is 0 Å². The Hall–Kier alpha value is -1.59. The lowest BCUT2D eigenvalue weighted by molar-refractivity contribution is -0.120. The third-order valence-corrected chi connectivity index (χ3v) is 4.15. The molecule has 0 atom stereocenters. The largest absolute Gasteiger partial charge is 0.355 e. The number of nitrogens with one attached hydrogen (secondary N) is 2. The first-order chi connectivity index (χ1) is 11.1. The number of hydrogen-bond donors (Lipinski definition) is 2. The second-order valence-electron chi connectivity index (χ2n) is 5.80. The number of carbonyl (C=O) groups is 2. The number of hydrogen-bond acceptors (Lipinski definition) is 3. The van der Waals surface area contributed by atoms with Crippen LogP contribution in [0, 0.1) is 0 Å². The molecule has 5 nitrogen and oxygen atoms in total. The van der Waals surface area contributed by atoms with Crippen molar-refractivity contribution in [3.05, 3.63) is 34.9 Å². The molecule has 1 heterocycles. The van der Waals surface area contributed by atoms with Gasteiger partial charge in [0.2, 0.25) is 5.91 Å². The molecule has 1 aliphatic rings. The van der Waals surface area contributed by atoms with Crippen LogP contribution in [0.1, 0.15) is 36.0 Å². The maximum atomic E-state index is 11.9. The van der Waals surface area contributed by atoms with E-state index >= 15 is 0 Å². The molecule has 0 unspecified atom stereocenters. The normalized spacial score (nSPS) is 15.2. The summed E-state index contributed by atoms with van der Waals surface area (Å²) in [7, 11) is 0. The van der Waals surface area contributed by atoms with Crippen LogP contribution in [0.5, 0.6) is 0 Å². The van der Waals surface area contributed by atoms with Crippen molar-refractivity contribution in [1.29, 1.82) is 0 Å². The summed E-state index contributed by atoms with van der Waals surface area (Å²) in [5, 5.41) is 5.93. The fourth-order valence-electron chi connectivity index (χ4n) is 2.67. The number of rotatable bonds is 7. The molecule has 2 amide bonds. The van der Waals surface area contributed by atoms with E-state index in [-0.39, 0.29) is 18.4 Å². The molecular weight excluding hydrogens is 314 g/mol. The Balaban J connectivity index is 1.58. The van der Waals surface area contributed by atoms with E-state index in [0.29, 0.717) is 17.1 Å². The van der Waals surface area contributed by atoms with Gasteiger partial charge in [-0.2, -0.15) is 0 Å². The monoisotopic (exact) mass is 337 g/mol. The molecule has 6 heteroatoms. The highest BCUT2D eigenvalue weighted by Gasteiger charge is 2.10. The summed E-state index contributed by atoms with van der Waals surface area (Å²) in [6, 6.07) is 6.65. The Kier molecular flexibility index (Phi) is 7.36. The average Bonchev–Trinajstić information content (AvgIpc) is 2.57. The molecule has 1 aliphatic heterocycles. The predicted octanol–water partition coefficient (Wildman–Crippen LogP) is 2.06. The summed E-state index contributed by atoms with van der Waals surface area (Å²) in [5.74, 6) is -0.463. The minimum Gasteiger partial charge on any atom is -0.355 e. The number of carbonyl (C=O) groups excluding carboxylic acids is 2. The van der Waals surface area contributed by atoms with Crippen molar-refractivity contribution in [2.24, 2.45) is 0 Å². The average molecular weight is 338 g/mol.